The number of amides is 2. The van der Waals surface area contributed by atoms with Gasteiger partial charge in [-0.05, 0) is 52.9 Å². The van der Waals surface area contributed by atoms with Gasteiger partial charge in [0.25, 0.3) is 0 Å². The van der Waals surface area contributed by atoms with Crippen molar-refractivity contribution in [3.8, 4) is 0 Å². The van der Waals surface area contributed by atoms with E-state index < -0.39 is 17.8 Å². The normalized spacial score (nSPS) is 15.5. The van der Waals surface area contributed by atoms with Crippen LogP contribution < -0.4 is 10.6 Å². The number of anilines is 1. The molecule has 0 aliphatic heterocycles. The molecule has 2 amide bonds. The van der Waals surface area contributed by atoms with Crippen LogP contribution in [0.5, 0.6) is 0 Å². The number of rotatable bonds is 5. The number of halogens is 2. The molecular weight excluding hydrogens is 331 g/mol. The van der Waals surface area contributed by atoms with Gasteiger partial charge in [0.1, 0.15) is 5.82 Å². The van der Waals surface area contributed by atoms with E-state index in [-0.39, 0.29) is 22.9 Å². The highest BCUT2D eigenvalue weighted by molar-refractivity contribution is 9.10. The predicted octanol–water partition coefficient (Wildman–Crippen LogP) is 2.96. The molecule has 0 bridgehead atoms. The third-order valence-electron chi connectivity index (χ3n) is 3.08. The molecule has 0 saturated heterocycles. The van der Waals surface area contributed by atoms with E-state index in [4.69, 9.17) is 5.11 Å². The molecule has 20 heavy (non-hydrogen) atoms. The van der Waals surface area contributed by atoms with Crippen LogP contribution in [0.25, 0.3) is 0 Å². The number of carboxylic acids is 1. The van der Waals surface area contributed by atoms with Crippen LogP contribution in [0, 0.1) is 11.7 Å². The standard InChI is InChI=1S/C13H14BrFN2O3/c14-9-5-8(3-4-10(9)15)16-13(20)17-11(6-12(18)19)7-1-2-7/h3-5,7,11H,1-2,6H2,(H,18,19)(H2,16,17,20). The number of hydrogen-bond acceptors (Lipinski definition) is 2. The van der Waals surface area contributed by atoms with E-state index >= 15 is 0 Å². The number of urea groups is 1. The second-order valence-corrected chi connectivity index (χ2v) is 5.62. The number of carboxylic acid groups (broad SMARTS) is 1. The zero-order chi connectivity index (χ0) is 14.7. The molecule has 3 N–H and O–H groups in total. The van der Waals surface area contributed by atoms with Crippen molar-refractivity contribution in [1.29, 1.82) is 0 Å². The minimum atomic E-state index is -0.938. The Morgan fingerprint density at radius 2 is 2.15 bits per heavy atom. The number of benzene rings is 1. The Bertz CT molecular complexity index is 534. The summed E-state index contributed by atoms with van der Waals surface area (Å²) < 4.78 is 13.3. The Labute approximate surface area is 123 Å². The molecule has 0 spiro atoms. The lowest BCUT2D eigenvalue weighted by molar-refractivity contribution is -0.137. The van der Waals surface area contributed by atoms with Crippen molar-refractivity contribution in [2.24, 2.45) is 5.92 Å². The molecule has 1 unspecified atom stereocenters. The molecule has 1 aliphatic rings. The van der Waals surface area contributed by atoms with Crippen molar-refractivity contribution in [3.63, 3.8) is 0 Å². The molecule has 5 nitrogen and oxygen atoms in total. The number of aliphatic carboxylic acids is 1. The van der Waals surface area contributed by atoms with Gasteiger partial charge in [-0.3, -0.25) is 4.79 Å². The third-order valence-corrected chi connectivity index (χ3v) is 3.69. The van der Waals surface area contributed by atoms with Gasteiger partial charge in [-0.25, -0.2) is 9.18 Å². The first-order chi connectivity index (χ1) is 9.45. The van der Waals surface area contributed by atoms with Crippen molar-refractivity contribution in [2.45, 2.75) is 25.3 Å². The minimum Gasteiger partial charge on any atom is -0.481 e. The lowest BCUT2D eigenvalue weighted by Gasteiger charge is -2.16. The Hall–Kier alpha value is -1.63. The van der Waals surface area contributed by atoms with Crippen LogP contribution >= 0.6 is 15.9 Å². The zero-order valence-electron chi connectivity index (χ0n) is 10.5. The van der Waals surface area contributed by atoms with Gasteiger partial charge in [-0.1, -0.05) is 0 Å². The quantitative estimate of drug-likeness (QED) is 0.768. The summed E-state index contributed by atoms with van der Waals surface area (Å²) in [5.41, 5.74) is 0.431. The van der Waals surface area contributed by atoms with Crippen molar-refractivity contribution >= 4 is 33.6 Å². The van der Waals surface area contributed by atoms with Crippen molar-refractivity contribution < 1.29 is 19.1 Å². The smallest absolute Gasteiger partial charge is 0.319 e. The van der Waals surface area contributed by atoms with Gasteiger partial charge >= 0.3 is 12.0 Å². The molecular formula is C13H14BrFN2O3. The average molecular weight is 345 g/mol. The Morgan fingerprint density at radius 3 is 2.70 bits per heavy atom. The number of carbonyl (C=O) groups excluding carboxylic acids is 1. The van der Waals surface area contributed by atoms with Crippen LogP contribution in [0.1, 0.15) is 19.3 Å². The van der Waals surface area contributed by atoms with Crippen LogP contribution in [0.4, 0.5) is 14.9 Å². The maximum absolute atomic E-state index is 13.1. The summed E-state index contributed by atoms with van der Waals surface area (Å²) in [6.45, 7) is 0. The first-order valence-corrected chi connectivity index (χ1v) is 6.99. The number of hydrogen-bond donors (Lipinski definition) is 3. The van der Waals surface area contributed by atoms with Crippen molar-refractivity contribution in [1.82, 2.24) is 5.32 Å². The van der Waals surface area contributed by atoms with Crippen molar-refractivity contribution in [3.05, 3.63) is 28.5 Å². The van der Waals surface area contributed by atoms with Gasteiger partial charge in [-0.15, -0.1) is 0 Å². The first kappa shape index (κ1) is 14.8. The molecule has 1 aromatic rings. The molecule has 7 heteroatoms. The first-order valence-electron chi connectivity index (χ1n) is 6.20. The highest BCUT2D eigenvalue weighted by Crippen LogP contribution is 2.34. The lowest BCUT2D eigenvalue weighted by Crippen LogP contribution is -2.40. The Morgan fingerprint density at radius 1 is 1.45 bits per heavy atom. The highest BCUT2D eigenvalue weighted by Gasteiger charge is 2.33. The maximum atomic E-state index is 13.1. The summed E-state index contributed by atoms with van der Waals surface area (Å²) in [5.74, 6) is -1.12. The predicted molar refractivity (Wildman–Crippen MR) is 75.0 cm³/mol. The fraction of sp³-hybridized carbons (Fsp3) is 0.385. The molecule has 1 fully saturated rings. The summed E-state index contributed by atoms with van der Waals surface area (Å²) in [6.07, 6.45) is 1.77. The molecule has 1 atom stereocenters. The second kappa shape index (κ2) is 6.21. The van der Waals surface area contributed by atoms with Crippen LogP contribution in [0.15, 0.2) is 22.7 Å². The number of nitrogens with one attached hydrogen (secondary N) is 2. The third kappa shape index (κ3) is 4.19. The summed E-state index contributed by atoms with van der Waals surface area (Å²) in [7, 11) is 0. The molecule has 1 aliphatic carbocycles. The average Bonchev–Trinajstić information content (AvgIpc) is 3.16. The SMILES string of the molecule is O=C(O)CC(NC(=O)Nc1ccc(F)c(Br)c1)C1CC1. The summed E-state index contributed by atoms with van der Waals surface area (Å²) in [4.78, 5) is 22.6. The van der Waals surface area contributed by atoms with Gasteiger partial charge in [0.15, 0.2) is 0 Å². The summed E-state index contributed by atoms with van der Waals surface area (Å²) in [5, 5.41) is 14.0. The molecule has 0 heterocycles. The molecule has 2 rings (SSSR count). The van der Waals surface area contributed by atoms with Gasteiger partial charge in [0.2, 0.25) is 0 Å². The highest BCUT2D eigenvalue weighted by atomic mass is 79.9. The fourth-order valence-corrected chi connectivity index (χ4v) is 2.31. The van der Waals surface area contributed by atoms with E-state index in [1.54, 1.807) is 0 Å². The lowest BCUT2D eigenvalue weighted by atomic mass is 10.1. The van der Waals surface area contributed by atoms with Crippen LogP contribution in [-0.4, -0.2) is 23.1 Å². The van der Waals surface area contributed by atoms with E-state index in [0.717, 1.165) is 12.8 Å². The van der Waals surface area contributed by atoms with Crippen LogP contribution in [-0.2, 0) is 4.79 Å². The summed E-state index contributed by atoms with van der Waals surface area (Å²) in [6, 6.07) is 3.26. The van der Waals surface area contributed by atoms with Crippen LogP contribution in [0.2, 0.25) is 0 Å². The van der Waals surface area contributed by atoms with Gasteiger partial charge in [0, 0.05) is 11.7 Å². The van der Waals surface area contributed by atoms with E-state index in [0.29, 0.717) is 5.69 Å². The maximum Gasteiger partial charge on any atom is 0.319 e. The molecule has 108 valence electrons. The molecule has 0 aromatic heterocycles. The Balaban J connectivity index is 1.93. The van der Waals surface area contributed by atoms with Gasteiger partial charge in [-0.2, -0.15) is 0 Å². The summed E-state index contributed by atoms with van der Waals surface area (Å²) >= 11 is 3.03. The molecule has 0 radical (unpaired) electrons. The van der Waals surface area contributed by atoms with Gasteiger partial charge in [0.05, 0.1) is 10.9 Å². The largest absolute Gasteiger partial charge is 0.481 e. The monoisotopic (exact) mass is 344 g/mol. The molecule has 1 saturated carbocycles. The van der Waals surface area contributed by atoms with E-state index in [1.807, 2.05) is 0 Å². The number of carbonyl (C=O) groups is 2. The van der Waals surface area contributed by atoms with Crippen LogP contribution in [0.3, 0.4) is 0 Å². The molecule has 1 aromatic carbocycles. The van der Waals surface area contributed by atoms with E-state index in [9.17, 15) is 14.0 Å². The topological polar surface area (TPSA) is 78.4 Å². The second-order valence-electron chi connectivity index (χ2n) is 4.77. The zero-order valence-corrected chi connectivity index (χ0v) is 12.1. The fourth-order valence-electron chi connectivity index (χ4n) is 1.93. The van der Waals surface area contributed by atoms with Gasteiger partial charge < -0.3 is 15.7 Å². The van der Waals surface area contributed by atoms with E-state index in [2.05, 4.69) is 26.6 Å². The van der Waals surface area contributed by atoms with E-state index in [1.165, 1.54) is 18.2 Å². The van der Waals surface area contributed by atoms with Crippen molar-refractivity contribution in [2.75, 3.05) is 5.32 Å². The minimum absolute atomic E-state index is 0.0921. The Kier molecular flexibility index (Phi) is 4.59.